The van der Waals surface area contributed by atoms with Crippen molar-refractivity contribution in [2.45, 2.75) is 78.0 Å². The van der Waals surface area contributed by atoms with Crippen LogP contribution < -0.4 is 5.32 Å². The summed E-state index contributed by atoms with van der Waals surface area (Å²) in [5.41, 5.74) is -1.28. The van der Waals surface area contributed by atoms with E-state index in [9.17, 15) is 14.4 Å². The topological polar surface area (TPSA) is 102 Å². The number of ether oxygens (including phenoxy) is 2. The fraction of sp³-hybridized carbons (Fsp3) is 0.800. The van der Waals surface area contributed by atoms with Crippen molar-refractivity contribution in [3.05, 3.63) is 0 Å². The lowest BCUT2D eigenvalue weighted by Crippen LogP contribution is -2.43. The van der Waals surface area contributed by atoms with E-state index in [4.69, 9.17) is 14.6 Å². The second-order valence-corrected chi connectivity index (χ2v) is 7.02. The lowest BCUT2D eigenvalue weighted by atomic mass is 10.1. The van der Waals surface area contributed by atoms with Crippen molar-refractivity contribution in [1.29, 1.82) is 0 Å². The van der Waals surface area contributed by atoms with Gasteiger partial charge in [0.05, 0.1) is 0 Å². The molecule has 0 unspecified atom stereocenters. The maximum Gasteiger partial charge on any atom is 0.408 e. The summed E-state index contributed by atoms with van der Waals surface area (Å²) in [6.45, 7) is 10.3. The van der Waals surface area contributed by atoms with E-state index in [1.807, 2.05) is 0 Å². The molecule has 0 fully saturated rings. The van der Waals surface area contributed by atoms with Crippen LogP contribution in [0, 0.1) is 0 Å². The van der Waals surface area contributed by atoms with Crippen LogP contribution in [-0.2, 0) is 19.1 Å². The predicted octanol–water partition coefficient (Wildman–Crippen LogP) is 2.48. The van der Waals surface area contributed by atoms with Crippen LogP contribution in [-0.4, -0.2) is 40.4 Å². The van der Waals surface area contributed by atoms with Crippen molar-refractivity contribution < 1.29 is 29.0 Å². The quantitative estimate of drug-likeness (QED) is 0.730. The van der Waals surface area contributed by atoms with Crippen LogP contribution in [0.15, 0.2) is 0 Å². The molecule has 7 heteroatoms. The minimum atomic E-state index is -1.17. The minimum Gasteiger partial charge on any atom is -0.480 e. The molecule has 0 saturated heterocycles. The van der Waals surface area contributed by atoms with E-state index < -0.39 is 35.3 Å². The SMILES string of the molecule is CC(C)(C)OC(=O)CCC[C@H](NC(=O)OC(C)(C)C)C(=O)O. The van der Waals surface area contributed by atoms with Gasteiger partial charge in [-0.2, -0.15) is 0 Å². The molecular weight excluding hydrogens is 290 g/mol. The van der Waals surface area contributed by atoms with Crippen molar-refractivity contribution in [1.82, 2.24) is 5.32 Å². The molecule has 7 nitrogen and oxygen atoms in total. The molecule has 0 spiro atoms. The van der Waals surface area contributed by atoms with E-state index in [1.54, 1.807) is 41.5 Å². The van der Waals surface area contributed by atoms with Gasteiger partial charge >= 0.3 is 18.0 Å². The molecule has 1 atom stereocenters. The largest absolute Gasteiger partial charge is 0.480 e. The average Bonchev–Trinajstić information content (AvgIpc) is 2.22. The number of amides is 1. The Morgan fingerprint density at radius 3 is 1.91 bits per heavy atom. The van der Waals surface area contributed by atoms with Gasteiger partial charge in [-0.05, 0) is 54.4 Å². The van der Waals surface area contributed by atoms with Gasteiger partial charge in [-0.15, -0.1) is 0 Å². The first-order valence-corrected chi connectivity index (χ1v) is 7.24. The first-order chi connectivity index (χ1) is 9.80. The van der Waals surface area contributed by atoms with Crippen LogP contribution >= 0.6 is 0 Å². The van der Waals surface area contributed by atoms with Gasteiger partial charge in [0.25, 0.3) is 0 Å². The number of carboxylic acid groups (broad SMARTS) is 1. The van der Waals surface area contributed by atoms with Gasteiger partial charge in [0, 0.05) is 6.42 Å². The van der Waals surface area contributed by atoms with E-state index in [-0.39, 0.29) is 12.8 Å². The van der Waals surface area contributed by atoms with Crippen LogP contribution in [0.5, 0.6) is 0 Å². The number of alkyl carbamates (subject to hydrolysis) is 1. The molecule has 0 aliphatic heterocycles. The second-order valence-electron chi connectivity index (χ2n) is 7.02. The Kier molecular flexibility index (Phi) is 7.35. The van der Waals surface area contributed by atoms with Gasteiger partial charge in [-0.3, -0.25) is 4.79 Å². The Labute approximate surface area is 131 Å². The number of nitrogens with one attached hydrogen (secondary N) is 1. The zero-order valence-electron chi connectivity index (χ0n) is 14.2. The second kappa shape index (κ2) is 8.00. The highest BCUT2D eigenvalue weighted by Gasteiger charge is 2.24. The first-order valence-electron chi connectivity index (χ1n) is 7.24. The van der Waals surface area contributed by atoms with Gasteiger partial charge in [-0.25, -0.2) is 9.59 Å². The smallest absolute Gasteiger partial charge is 0.408 e. The number of esters is 1. The van der Waals surface area contributed by atoms with Gasteiger partial charge in [0.2, 0.25) is 0 Å². The van der Waals surface area contributed by atoms with Crippen molar-refractivity contribution in [3.63, 3.8) is 0 Å². The average molecular weight is 317 g/mol. The lowest BCUT2D eigenvalue weighted by Gasteiger charge is -2.22. The Morgan fingerprint density at radius 2 is 1.50 bits per heavy atom. The maximum absolute atomic E-state index is 11.6. The Hall–Kier alpha value is -1.79. The summed E-state index contributed by atoms with van der Waals surface area (Å²) < 4.78 is 10.1. The summed E-state index contributed by atoms with van der Waals surface area (Å²) in [6, 6.07) is -1.10. The third kappa shape index (κ3) is 10.9. The van der Waals surface area contributed by atoms with Gasteiger partial charge in [0.15, 0.2) is 0 Å². The molecule has 2 N–H and O–H groups in total. The highest BCUT2D eigenvalue weighted by atomic mass is 16.6. The van der Waals surface area contributed by atoms with E-state index in [0.29, 0.717) is 6.42 Å². The lowest BCUT2D eigenvalue weighted by molar-refractivity contribution is -0.155. The predicted molar refractivity (Wildman–Crippen MR) is 80.5 cm³/mol. The standard InChI is InChI=1S/C15H27NO6/c1-14(2,3)21-11(17)9-7-8-10(12(18)19)16-13(20)22-15(4,5)6/h10H,7-9H2,1-6H3,(H,16,20)(H,18,19)/t10-/m0/s1. The fourth-order valence-electron chi connectivity index (χ4n) is 1.55. The zero-order valence-corrected chi connectivity index (χ0v) is 14.2. The molecule has 0 aromatic rings. The van der Waals surface area contributed by atoms with Gasteiger partial charge in [-0.1, -0.05) is 0 Å². The Bertz CT molecular complexity index is 405. The molecule has 0 aromatic heterocycles. The normalized spacial score (nSPS) is 13.2. The van der Waals surface area contributed by atoms with E-state index >= 15 is 0 Å². The molecule has 0 aromatic carbocycles. The Balaban J connectivity index is 4.30. The summed E-state index contributed by atoms with van der Waals surface area (Å²) in [5.74, 6) is -1.57. The summed E-state index contributed by atoms with van der Waals surface area (Å²) in [5, 5.41) is 11.4. The monoisotopic (exact) mass is 317 g/mol. The summed E-state index contributed by atoms with van der Waals surface area (Å²) in [7, 11) is 0. The zero-order chi connectivity index (χ0) is 17.6. The van der Waals surface area contributed by atoms with Crippen LogP contribution in [0.2, 0.25) is 0 Å². The molecule has 22 heavy (non-hydrogen) atoms. The van der Waals surface area contributed by atoms with E-state index in [1.165, 1.54) is 0 Å². The third-order valence-corrected chi connectivity index (χ3v) is 2.28. The minimum absolute atomic E-state index is 0.0943. The van der Waals surface area contributed by atoms with Crippen molar-refractivity contribution in [2.75, 3.05) is 0 Å². The molecule has 0 radical (unpaired) electrons. The maximum atomic E-state index is 11.6. The van der Waals surface area contributed by atoms with E-state index in [0.717, 1.165) is 0 Å². The first kappa shape index (κ1) is 20.2. The molecule has 0 aliphatic rings. The molecule has 1 amide bonds. The molecule has 0 saturated carbocycles. The van der Waals surface area contributed by atoms with Crippen molar-refractivity contribution in [2.24, 2.45) is 0 Å². The molecular formula is C15H27NO6. The Morgan fingerprint density at radius 1 is 1.00 bits per heavy atom. The molecule has 128 valence electrons. The highest BCUT2D eigenvalue weighted by Crippen LogP contribution is 2.11. The highest BCUT2D eigenvalue weighted by molar-refractivity contribution is 5.80. The van der Waals surface area contributed by atoms with Crippen molar-refractivity contribution >= 4 is 18.0 Å². The number of hydrogen-bond acceptors (Lipinski definition) is 5. The molecule has 0 heterocycles. The summed E-state index contributed by atoms with van der Waals surface area (Å²) >= 11 is 0. The third-order valence-electron chi connectivity index (χ3n) is 2.28. The van der Waals surface area contributed by atoms with E-state index in [2.05, 4.69) is 5.32 Å². The molecule has 0 aliphatic carbocycles. The fourth-order valence-corrected chi connectivity index (χ4v) is 1.55. The van der Waals surface area contributed by atoms with Gasteiger partial charge in [0.1, 0.15) is 17.2 Å². The van der Waals surface area contributed by atoms with Crippen LogP contribution in [0.1, 0.15) is 60.8 Å². The number of hydrogen-bond donors (Lipinski definition) is 2. The van der Waals surface area contributed by atoms with Crippen LogP contribution in [0.3, 0.4) is 0 Å². The number of carbonyl (C=O) groups excluding carboxylic acids is 2. The summed E-state index contributed by atoms with van der Waals surface area (Å²) in [6.07, 6.45) is -0.288. The number of aliphatic carboxylic acids is 1. The van der Waals surface area contributed by atoms with Crippen molar-refractivity contribution in [3.8, 4) is 0 Å². The van der Waals surface area contributed by atoms with Crippen LogP contribution in [0.4, 0.5) is 4.79 Å². The molecule has 0 bridgehead atoms. The number of carboxylic acids is 1. The summed E-state index contributed by atoms with van der Waals surface area (Å²) in [4.78, 5) is 34.2. The number of rotatable bonds is 6. The van der Waals surface area contributed by atoms with Gasteiger partial charge < -0.3 is 19.9 Å². The number of carbonyl (C=O) groups is 3. The van der Waals surface area contributed by atoms with Crippen LogP contribution in [0.25, 0.3) is 0 Å². The molecule has 0 rings (SSSR count).